The van der Waals surface area contributed by atoms with E-state index in [1.165, 1.54) is 5.56 Å². The van der Waals surface area contributed by atoms with E-state index in [9.17, 15) is 0 Å². The average molecular weight is 267 g/mol. The van der Waals surface area contributed by atoms with Gasteiger partial charge < -0.3 is 15.0 Å². The van der Waals surface area contributed by atoms with Gasteiger partial charge in [0.2, 0.25) is 0 Å². The average Bonchev–Trinajstić information content (AvgIpc) is 2.90. The molecule has 0 fully saturated rings. The molecule has 4 heteroatoms. The Morgan fingerprint density at radius 3 is 2.85 bits per heavy atom. The zero-order chi connectivity index (χ0) is 13.9. The van der Waals surface area contributed by atoms with E-state index in [0.717, 1.165) is 34.7 Å². The Hall–Kier alpha value is -2.33. The number of hydrogen-bond acceptors (Lipinski definition) is 3. The molecule has 0 amide bonds. The highest BCUT2D eigenvalue weighted by Gasteiger charge is 2.10. The van der Waals surface area contributed by atoms with E-state index < -0.39 is 0 Å². The van der Waals surface area contributed by atoms with Crippen LogP contribution in [0, 0.1) is 0 Å². The number of nitrogens with one attached hydrogen (secondary N) is 2. The molecule has 0 saturated heterocycles. The molecule has 0 saturated carbocycles. The summed E-state index contributed by atoms with van der Waals surface area (Å²) < 4.78 is 5.39. The molecular formula is C16H17N3O. The lowest BCUT2D eigenvalue weighted by atomic mass is 10.2. The van der Waals surface area contributed by atoms with Crippen molar-refractivity contribution in [2.75, 3.05) is 14.2 Å². The molecule has 1 heterocycles. The number of H-pyrrole nitrogens is 1. The summed E-state index contributed by atoms with van der Waals surface area (Å²) in [4.78, 5) is 8.00. The molecule has 0 unspecified atom stereocenters. The van der Waals surface area contributed by atoms with Crippen molar-refractivity contribution < 1.29 is 4.74 Å². The van der Waals surface area contributed by atoms with Crippen LogP contribution in [0.15, 0.2) is 42.5 Å². The van der Waals surface area contributed by atoms with Crippen molar-refractivity contribution in [3.05, 3.63) is 48.0 Å². The van der Waals surface area contributed by atoms with Crippen LogP contribution in [-0.4, -0.2) is 24.1 Å². The van der Waals surface area contributed by atoms with Crippen LogP contribution in [0.1, 0.15) is 5.56 Å². The molecule has 0 radical (unpaired) electrons. The third kappa shape index (κ3) is 2.26. The Morgan fingerprint density at radius 2 is 2.05 bits per heavy atom. The van der Waals surface area contributed by atoms with Crippen LogP contribution in [0.4, 0.5) is 0 Å². The highest BCUT2D eigenvalue weighted by molar-refractivity contribution is 5.81. The third-order valence-corrected chi connectivity index (χ3v) is 3.29. The minimum Gasteiger partial charge on any atom is -0.496 e. The van der Waals surface area contributed by atoms with Gasteiger partial charge in [0.25, 0.3) is 0 Å². The summed E-state index contributed by atoms with van der Waals surface area (Å²) in [5.74, 6) is 1.65. The van der Waals surface area contributed by atoms with Gasteiger partial charge in [-0.25, -0.2) is 4.98 Å². The zero-order valence-electron chi connectivity index (χ0n) is 11.6. The Morgan fingerprint density at radius 1 is 1.20 bits per heavy atom. The van der Waals surface area contributed by atoms with Crippen LogP contribution < -0.4 is 10.1 Å². The molecule has 3 aromatic rings. The van der Waals surface area contributed by atoms with E-state index in [0.29, 0.717) is 0 Å². The number of methoxy groups -OCH3 is 1. The number of imidazole rings is 1. The van der Waals surface area contributed by atoms with Crippen LogP contribution in [0.25, 0.3) is 22.4 Å². The molecule has 1 aromatic heterocycles. The first-order valence-electron chi connectivity index (χ1n) is 6.58. The molecule has 0 spiro atoms. The quantitative estimate of drug-likeness (QED) is 0.764. The van der Waals surface area contributed by atoms with Crippen LogP contribution in [0.5, 0.6) is 5.75 Å². The van der Waals surface area contributed by atoms with E-state index in [-0.39, 0.29) is 0 Å². The Bertz CT molecular complexity index is 733. The number of hydrogen-bond donors (Lipinski definition) is 2. The van der Waals surface area contributed by atoms with Crippen molar-refractivity contribution in [2.24, 2.45) is 0 Å². The lowest BCUT2D eigenvalue weighted by molar-refractivity contribution is 0.416. The van der Waals surface area contributed by atoms with Crippen LogP contribution in [0.2, 0.25) is 0 Å². The minimum atomic E-state index is 0.821. The summed E-state index contributed by atoms with van der Waals surface area (Å²) in [6, 6.07) is 14.1. The highest BCUT2D eigenvalue weighted by Crippen LogP contribution is 2.29. The number of rotatable bonds is 4. The summed E-state index contributed by atoms with van der Waals surface area (Å²) in [5, 5.41) is 3.15. The van der Waals surface area contributed by atoms with Gasteiger partial charge in [0, 0.05) is 6.54 Å². The molecule has 102 valence electrons. The van der Waals surface area contributed by atoms with E-state index in [4.69, 9.17) is 4.74 Å². The first kappa shape index (κ1) is 12.7. The van der Waals surface area contributed by atoms with Gasteiger partial charge in [0.15, 0.2) is 0 Å². The zero-order valence-corrected chi connectivity index (χ0v) is 11.6. The summed E-state index contributed by atoms with van der Waals surface area (Å²) in [6.45, 7) is 0.846. The molecule has 2 aromatic carbocycles. The first-order chi connectivity index (χ1) is 9.81. The largest absolute Gasteiger partial charge is 0.496 e. The van der Waals surface area contributed by atoms with Gasteiger partial charge in [-0.1, -0.05) is 18.2 Å². The molecule has 0 atom stereocenters. The maximum absolute atomic E-state index is 5.39. The number of fused-ring (bicyclic) bond motifs is 1. The van der Waals surface area contributed by atoms with Crippen molar-refractivity contribution in [2.45, 2.75) is 6.54 Å². The van der Waals surface area contributed by atoms with Crippen LogP contribution in [0.3, 0.4) is 0 Å². The normalized spacial score (nSPS) is 10.9. The fourth-order valence-electron chi connectivity index (χ4n) is 2.34. The molecule has 4 nitrogen and oxygen atoms in total. The van der Waals surface area contributed by atoms with Gasteiger partial charge >= 0.3 is 0 Å². The molecule has 0 aliphatic rings. The summed E-state index contributed by atoms with van der Waals surface area (Å²) in [5.41, 5.74) is 4.21. The number of aromatic amines is 1. The Labute approximate surface area is 117 Å². The maximum atomic E-state index is 5.39. The van der Waals surface area contributed by atoms with Gasteiger partial charge in [-0.05, 0) is 36.9 Å². The van der Waals surface area contributed by atoms with Crippen molar-refractivity contribution >= 4 is 11.0 Å². The van der Waals surface area contributed by atoms with Crippen molar-refractivity contribution in [1.29, 1.82) is 0 Å². The SMILES string of the molecule is CNCc1ccc2nc(-c3ccccc3OC)[nH]c2c1. The topological polar surface area (TPSA) is 49.9 Å². The second-order valence-corrected chi connectivity index (χ2v) is 4.67. The molecule has 0 aliphatic carbocycles. The van der Waals surface area contributed by atoms with Gasteiger partial charge in [0.1, 0.15) is 11.6 Å². The highest BCUT2D eigenvalue weighted by atomic mass is 16.5. The fraction of sp³-hybridized carbons (Fsp3) is 0.188. The maximum Gasteiger partial charge on any atom is 0.142 e. The van der Waals surface area contributed by atoms with Crippen molar-refractivity contribution in [3.63, 3.8) is 0 Å². The molecule has 0 bridgehead atoms. The van der Waals surface area contributed by atoms with Crippen molar-refractivity contribution in [3.8, 4) is 17.1 Å². The smallest absolute Gasteiger partial charge is 0.142 e. The van der Waals surface area contributed by atoms with Gasteiger partial charge in [-0.2, -0.15) is 0 Å². The number of benzene rings is 2. The molecule has 0 aliphatic heterocycles. The third-order valence-electron chi connectivity index (χ3n) is 3.29. The second kappa shape index (κ2) is 5.35. The second-order valence-electron chi connectivity index (χ2n) is 4.67. The summed E-state index contributed by atoms with van der Waals surface area (Å²) in [6.07, 6.45) is 0. The van der Waals surface area contributed by atoms with Gasteiger partial charge in [-0.15, -0.1) is 0 Å². The standard InChI is InChI=1S/C16H17N3O/c1-17-10-11-7-8-13-14(9-11)19-16(18-13)12-5-3-4-6-15(12)20-2/h3-9,17H,10H2,1-2H3,(H,18,19). The van der Waals surface area contributed by atoms with Gasteiger partial charge in [-0.3, -0.25) is 0 Å². The number of para-hydroxylation sites is 1. The summed E-state index contributed by atoms with van der Waals surface area (Å²) >= 11 is 0. The van der Waals surface area contributed by atoms with E-state index in [2.05, 4.69) is 27.4 Å². The predicted molar refractivity (Wildman–Crippen MR) is 80.8 cm³/mol. The molecule has 2 N–H and O–H groups in total. The number of ether oxygens (including phenoxy) is 1. The van der Waals surface area contributed by atoms with Crippen LogP contribution in [-0.2, 0) is 6.54 Å². The first-order valence-corrected chi connectivity index (χ1v) is 6.58. The van der Waals surface area contributed by atoms with Gasteiger partial charge in [0.05, 0.1) is 23.7 Å². The Balaban J connectivity index is 2.08. The lowest BCUT2D eigenvalue weighted by Crippen LogP contribution is -2.04. The molecule has 3 rings (SSSR count). The minimum absolute atomic E-state index is 0.821. The lowest BCUT2D eigenvalue weighted by Gasteiger charge is -2.04. The fourth-order valence-corrected chi connectivity index (χ4v) is 2.34. The Kier molecular flexibility index (Phi) is 3.39. The molecular weight excluding hydrogens is 250 g/mol. The van der Waals surface area contributed by atoms with E-state index in [1.807, 2.05) is 37.4 Å². The molecule has 20 heavy (non-hydrogen) atoms. The van der Waals surface area contributed by atoms with E-state index in [1.54, 1.807) is 7.11 Å². The van der Waals surface area contributed by atoms with Crippen LogP contribution >= 0.6 is 0 Å². The number of aromatic nitrogens is 2. The van der Waals surface area contributed by atoms with E-state index >= 15 is 0 Å². The monoisotopic (exact) mass is 267 g/mol. The van der Waals surface area contributed by atoms with Crippen molar-refractivity contribution in [1.82, 2.24) is 15.3 Å². The summed E-state index contributed by atoms with van der Waals surface area (Å²) in [7, 11) is 3.62. The predicted octanol–water partition coefficient (Wildman–Crippen LogP) is 2.96. The number of nitrogens with zero attached hydrogens (tertiary/aromatic N) is 1.